The highest BCUT2D eigenvalue weighted by Gasteiger charge is 2.16. The summed E-state index contributed by atoms with van der Waals surface area (Å²) in [6.07, 6.45) is 3.56. The predicted octanol–water partition coefficient (Wildman–Crippen LogP) is 3.87. The van der Waals surface area contributed by atoms with Gasteiger partial charge in [-0.25, -0.2) is 0 Å². The fourth-order valence-corrected chi connectivity index (χ4v) is 1.99. The van der Waals surface area contributed by atoms with Gasteiger partial charge in [0.25, 0.3) is 0 Å². The first-order valence-electron chi connectivity index (χ1n) is 7.02. The molecular weight excluding hydrogens is 222 g/mol. The van der Waals surface area contributed by atoms with Gasteiger partial charge in [-0.15, -0.1) is 0 Å². The maximum absolute atomic E-state index is 5.71. The fraction of sp³-hybridized carbons (Fsp3) is 0.625. The lowest BCUT2D eigenvalue weighted by atomic mass is 9.84. The van der Waals surface area contributed by atoms with Gasteiger partial charge in [-0.1, -0.05) is 39.0 Å². The van der Waals surface area contributed by atoms with Crippen molar-refractivity contribution in [2.45, 2.75) is 40.0 Å². The third kappa shape index (κ3) is 6.65. The van der Waals surface area contributed by atoms with E-state index in [-0.39, 0.29) is 0 Å². The molecular formula is C16H27NO. The predicted molar refractivity (Wildman–Crippen MR) is 78.1 cm³/mol. The Kier molecular flexibility index (Phi) is 6.81. The molecule has 1 rings (SSSR count). The van der Waals surface area contributed by atoms with Crippen LogP contribution in [0.4, 0.5) is 0 Å². The molecule has 0 saturated carbocycles. The minimum absolute atomic E-state index is 0.405. The SMILES string of the molecule is CCNCCC(C)(C)CCCOc1ccccc1. The van der Waals surface area contributed by atoms with Gasteiger partial charge in [-0.05, 0) is 49.9 Å². The zero-order chi connectivity index (χ0) is 13.3. The summed E-state index contributed by atoms with van der Waals surface area (Å²) in [6, 6.07) is 10.1. The first-order valence-corrected chi connectivity index (χ1v) is 7.02. The van der Waals surface area contributed by atoms with Crippen LogP contribution in [0.15, 0.2) is 30.3 Å². The normalized spacial score (nSPS) is 11.5. The lowest BCUT2D eigenvalue weighted by Crippen LogP contribution is -2.22. The molecule has 0 aliphatic heterocycles. The zero-order valence-electron chi connectivity index (χ0n) is 12.0. The molecule has 0 radical (unpaired) electrons. The van der Waals surface area contributed by atoms with Crippen molar-refractivity contribution in [3.8, 4) is 5.75 Å². The lowest BCUT2D eigenvalue weighted by molar-refractivity contribution is 0.244. The minimum Gasteiger partial charge on any atom is -0.494 e. The first kappa shape index (κ1) is 15.0. The van der Waals surface area contributed by atoms with Crippen LogP contribution in [0.3, 0.4) is 0 Å². The average molecular weight is 249 g/mol. The van der Waals surface area contributed by atoms with Gasteiger partial charge in [-0.2, -0.15) is 0 Å². The first-order chi connectivity index (χ1) is 8.64. The van der Waals surface area contributed by atoms with Crippen LogP contribution in [0.25, 0.3) is 0 Å². The molecule has 0 aliphatic carbocycles. The van der Waals surface area contributed by atoms with Crippen molar-refractivity contribution < 1.29 is 4.74 Å². The summed E-state index contributed by atoms with van der Waals surface area (Å²) in [5, 5.41) is 3.39. The van der Waals surface area contributed by atoms with E-state index >= 15 is 0 Å². The topological polar surface area (TPSA) is 21.3 Å². The van der Waals surface area contributed by atoms with E-state index in [1.807, 2.05) is 30.3 Å². The molecule has 1 aromatic rings. The molecule has 102 valence electrons. The van der Waals surface area contributed by atoms with Gasteiger partial charge in [0, 0.05) is 0 Å². The summed E-state index contributed by atoms with van der Waals surface area (Å²) in [6.45, 7) is 9.82. The van der Waals surface area contributed by atoms with E-state index < -0.39 is 0 Å². The number of benzene rings is 1. The standard InChI is InChI=1S/C16H27NO/c1-4-17-13-12-16(2,3)11-8-14-18-15-9-6-5-7-10-15/h5-7,9-10,17H,4,8,11-14H2,1-3H3. The monoisotopic (exact) mass is 249 g/mol. The summed E-state index contributed by atoms with van der Waals surface area (Å²) in [5.74, 6) is 0.975. The Labute approximate surface area is 112 Å². The minimum atomic E-state index is 0.405. The highest BCUT2D eigenvalue weighted by Crippen LogP contribution is 2.26. The summed E-state index contributed by atoms with van der Waals surface area (Å²) in [7, 11) is 0. The van der Waals surface area contributed by atoms with Gasteiger partial charge >= 0.3 is 0 Å². The van der Waals surface area contributed by atoms with Crippen molar-refractivity contribution >= 4 is 0 Å². The van der Waals surface area contributed by atoms with Crippen molar-refractivity contribution in [1.82, 2.24) is 5.32 Å². The van der Waals surface area contributed by atoms with Crippen molar-refractivity contribution in [2.75, 3.05) is 19.7 Å². The second kappa shape index (κ2) is 8.15. The summed E-state index contributed by atoms with van der Waals surface area (Å²) >= 11 is 0. The number of rotatable bonds is 9. The van der Waals surface area contributed by atoms with Gasteiger partial charge in [0.05, 0.1) is 6.61 Å². The number of nitrogens with one attached hydrogen (secondary N) is 1. The second-order valence-electron chi connectivity index (χ2n) is 5.53. The molecule has 2 nitrogen and oxygen atoms in total. The number of ether oxygens (including phenoxy) is 1. The Balaban J connectivity index is 2.13. The van der Waals surface area contributed by atoms with Crippen LogP contribution in [0.2, 0.25) is 0 Å². The van der Waals surface area contributed by atoms with Crippen molar-refractivity contribution in [3.63, 3.8) is 0 Å². The summed E-state index contributed by atoms with van der Waals surface area (Å²) in [4.78, 5) is 0. The second-order valence-corrected chi connectivity index (χ2v) is 5.53. The van der Waals surface area contributed by atoms with Crippen LogP contribution in [0.5, 0.6) is 5.75 Å². The molecule has 0 heterocycles. The maximum Gasteiger partial charge on any atom is 0.119 e. The zero-order valence-corrected chi connectivity index (χ0v) is 12.0. The van der Waals surface area contributed by atoms with Crippen LogP contribution >= 0.6 is 0 Å². The molecule has 1 N–H and O–H groups in total. The molecule has 0 bridgehead atoms. The van der Waals surface area contributed by atoms with Crippen molar-refractivity contribution in [1.29, 1.82) is 0 Å². The van der Waals surface area contributed by atoms with E-state index in [0.717, 1.165) is 31.9 Å². The average Bonchev–Trinajstić information content (AvgIpc) is 2.36. The molecule has 0 unspecified atom stereocenters. The van der Waals surface area contributed by atoms with Gasteiger partial charge in [-0.3, -0.25) is 0 Å². The molecule has 1 aromatic carbocycles. The third-order valence-corrected chi connectivity index (χ3v) is 3.24. The Morgan fingerprint density at radius 2 is 1.83 bits per heavy atom. The van der Waals surface area contributed by atoms with Crippen LogP contribution in [-0.4, -0.2) is 19.7 Å². The maximum atomic E-state index is 5.71. The van der Waals surface area contributed by atoms with Crippen molar-refractivity contribution in [2.24, 2.45) is 5.41 Å². The van der Waals surface area contributed by atoms with E-state index in [2.05, 4.69) is 26.1 Å². The number of hydrogen-bond donors (Lipinski definition) is 1. The third-order valence-electron chi connectivity index (χ3n) is 3.24. The molecule has 0 atom stereocenters. The highest BCUT2D eigenvalue weighted by atomic mass is 16.5. The fourth-order valence-electron chi connectivity index (χ4n) is 1.99. The molecule has 0 aliphatic rings. The molecule has 2 heteroatoms. The Bertz CT molecular complexity index is 308. The van der Waals surface area contributed by atoms with E-state index in [9.17, 15) is 0 Å². The smallest absolute Gasteiger partial charge is 0.119 e. The molecule has 0 aromatic heterocycles. The Hall–Kier alpha value is -1.02. The number of para-hydroxylation sites is 1. The summed E-state index contributed by atoms with van der Waals surface area (Å²) < 4.78 is 5.71. The molecule has 0 amide bonds. The quantitative estimate of drug-likeness (QED) is 0.671. The van der Waals surface area contributed by atoms with Crippen LogP contribution in [0.1, 0.15) is 40.0 Å². The van der Waals surface area contributed by atoms with Gasteiger partial charge < -0.3 is 10.1 Å². The van der Waals surface area contributed by atoms with Crippen molar-refractivity contribution in [3.05, 3.63) is 30.3 Å². The van der Waals surface area contributed by atoms with E-state index in [1.54, 1.807) is 0 Å². The Morgan fingerprint density at radius 3 is 2.50 bits per heavy atom. The molecule has 18 heavy (non-hydrogen) atoms. The van der Waals surface area contributed by atoms with Gasteiger partial charge in [0.2, 0.25) is 0 Å². The highest BCUT2D eigenvalue weighted by molar-refractivity contribution is 5.20. The largest absolute Gasteiger partial charge is 0.494 e. The van der Waals surface area contributed by atoms with E-state index in [1.165, 1.54) is 12.8 Å². The Morgan fingerprint density at radius 1 is 1.11 bits per heavy atom. The van der Waals surface area contributed by atoms with Gasteiger partial charge in [0.1, 0.15) is 5.75 Å². The van der Waals surface area contributed by atoms with E-state index in [4.69, 9.17) is 4.74 Å². The van der Waals surface area contributed by atoms with Crippen LogP contribution in [0, 0.1) is 5.41 Å². The lowest BCUT2D eigenvalue weighted by Gasteiger charge is -2.24. The van der Waals surface area contributed by atoms with Gasteiger partial charge in [0.15, 0.2) is 0 Å². The molecule has 0 spiro atoms. The number of hydrogen-bond acceptors (Lipinski definition) is 2. The molecule has 0 saturated heterocycles. The molecule has 0 fully saturated rings. The summed E-state index contributed by atoms with van der Waals surface area (Å²) in [5.41, 5.74) is 0.405. The van der Waals surface area contributed by atoms with Crippen LogP contribution < -0.4 is 10.1 Å². The van der Waals surface area contributed by atoms with E-state index in [0.29, 0.717) is 5.41 Å². The van der Waals surface area contributed by atoms with Crippen LogP contribution in [-0.2, 0) is 0 Å².